The molecule has 4 nitrogen and oxygen atoms in total. The number of rotatable bonds is 2. The summed E-state index contributed by atoms with van der Waals surface area (Å²) < 4.78 is 76.1. The molecule has 48 heavy (non-hydrogen) atoms. The van der Waals surface area contributed by atoms with E-state index in [2.05, 4.69) is 9.98 Å². The van der Waals surface area contributed by atoms with Crippen molar-refractivity contribution >= 4 is 128 Å². The molecule has 2 heterocycles. The van der Waals surface area contributed by atoms with Crippen LogP contribution in [-0.4, -0.2) is 40.9 Å². The zero-order valence-corrected chi connectivity index (χ0v) is 30.2. The summed E-state index contributed by atoms with van der Waals surface area (Å²) in [6.07, 6.45) is -9.22. The van der Waals surface area contributed by atoms with Crippen LogP contribution in [0.25, 0.3) is 11.1 Å². The van der Waals surface area contributed by atoms with Gasteiger partial charge in [0.05, 0.1) is 21.4 Å². The lowest BCUT2D eigenvalue weighted by atomic mass is 9.80. The lowest BCUT2D eigenvalue weighted by Crippen LogP contribution is -2.29. The monoisotopic (exact) mass is 898 g/mol. The molecule has 0 amide bonds. The second kappa shape index (κ2) is 15.7. The van der Waals surface area contributed by atoms with Gasteiger partial charge in [0.15, 0.2) is 0 Å². The predicted molar refractivity (Wildman–Crippen MR) is 191 cm³/mol. The molecule has 0 spiro atoms. The zero-order valence-electron chi connectivity index (χ0n) is 23.5. The Balaban J connectivity index is 0.000000174. The normalized spacial score (nSPS) is 13.4. The fourth-order valence-electron chi connectivity index (χ4n) is 4.39. The molecular formula is C30H16BCl6F6IN2O2. The van der Waals surface area contributed by atoms with Gasteiger partial charge in [-0.2, -0.15) is 26.3 Å². The van der Waals surface area contributed by atoms with Crippen LogP contribution in [0.1, 0.15) is 11.1 Å². The smallest absolute Gasteiger partial charge is 0.423 e. The van der Waals surface area contributed by atoms with E-state index in [4.69, 9.17) is 79.7 Å². The quantitative estimate of drug-likeness (QED) is 0.120. The van der Waals surface area contributed by atoms with Gasteiger partial charge in [-0.25, -0.2) is 9.98 Å². The summed E-state index contributed by atoms with van der Waals surface area (Å²) in [7, 11) is -1.52. The number of benzene rings is 4. The minimum Gasteiger partial charge on any atom is -0.423 e. The summed E-state index contributed by atoms with van der Waals surface area (Å²) in [4.78, 5) is 7.14. The van der Waals surface area contributed by atoms with Gasteiger partial charge in [-0.1, -0.05) is 69.6 Å². The van der Waals surface area contributed by atoms with Gasteiger partial charge in [-0.05, 0) is 105 Å². The van der Waals surface area contributed by atoms with Crippen LogP contribution in [0.5, 0.6) is 0 Å². The number of hydrogen-bond acceptors (Lipinski definition) is 4. The molecule has 0 bridgehead atoms. The molecule has 252 valence electrons. The summed E-state index contributed by atoms with van der Waals surface area (Å²) in [5.41, 5.74) is 1.56. The van der Waals surface area contributed by atoms with Crippen LogP contribution in [0.4, 0.5) is 37.7 Å². The summed E-state index contributed by atoms with van der Waals surface area (Å²) in [5.74, 6) is 0. The first-order valence-electron chi connectivity index (χ1n) is 13.1. The van der Waals surface area contributed by atoms with Crippen molar-refractivity contribution in [2.75, 3.05) is 0 Å². The first-order valence-corrected chi connectivity index (χ1v) is 16.4. The molecule has 2 aliphatic rings. The van der Waals surface area contributed by atoms with E-state index in [1.54, 1.807) is 30.3 Å². The lowest BCUT2D eigenvalue weighted by molar-refractivity contribution is -0.0605. The van der Waals surface area contributed by atoms with Crippen LogP contribution >= 0.6 is 92.2 Å². The third-order valence-electron chi connectivity index (χ3n) is 6.53. The minimum atomic E-state index is -4.44. The molecule has 4 aromatic carbocycles. The molecule has 2 aliphatic heterocycles. The molecule has 0 saturated heterocycles. The van der Waals surface area contributed by atoms with Gasteiger partial charge in [-0.15, -0.1) is 0 Å². The molecule has 0 unspecified atom stereocenters. The molecule has 0 aliphatic carbocycles. The Morgan fingerprint density at radius 2 is 1.00 bits per heavy atom. The number of fused-ring (bicyclic) bond motifs is 2. The maximum absolute atomic E-state index is 12.8. The highest BCUT2D eigenvalue weighted by atomic mass is 127. The van der Waals surface area contributed by atoms with Crippen molar-refractivity contribution in [3.8, 4) is 11.1 Å². The number of nitrogens with zero attached hydrogens (tertiary/aromatic N) is 2. The first-order chi connectivity index (χ1) is 22.2. The fourth-order valence-corrected chi connectivity index (χ4v) is 6.41. The molecule has 2 N–H and O–H groups in total. The van der Waals surface area contributed by atoms with E-state index in [1.165, 1.54) is 30.3 Å². The number of alkyl halides is 6. The lowest BCUT2D eigenvalue weighted by Gasteiger charge is -2.09. The zero-order chi connectivity index (χ0) is 35.7. The summed E-state index contributed by atoms with van der Waals surface area (Å²) >= 11 is 37.0. The van der Waals surface area contributed by atoms with Crippen LogP contribution < -0.4 is 5.46 Å². The van der Waals surface area contributed by atoms with E-state index in [0.29, 0.717) is 63.5 Å². The third-order valence-corrected chi connectivity index (χ3v) is 9.24. The van der Waals surface area contributed by atoms with Crippen LogP contribution in [0.15, 0.2) is 70.6 Å². The van der Waals surface area contributed by atoms with Crippen molar-refractivity contribution in [2.45, 2.75) is 25.2 Å². The Bertz CT molecular complexity index is 1900. The van der Waals surface area contributed by atoms with Gasteiger partial charge in [0.25, 0.3) is 0 Å². The Labute approximate surface area is 313 Å². The van der Waals surface area contributed by atoms with E-state index in [-0.39, 0.29) is 18.5 Å². The SMILES string of the molecule is FC(F)(F)C1=Nc2cc(Cl)c(-c3cc(Cl)cc(Cl)c3)cc2C1.FC(F)(F)C1=Nc2cc(Cl)c(I)cc2C1.OB(O)c1cc(Cl)cc(Cl)c1. The van der Waals surface area contributed by atoms with Gasteiger partial charge in [0.2, 0.25) is 0 Å². The van der Waals surface area contributed by atoms with E-state index in [1.807, 2.05) is 22.6 Å². The average Bonchev–Trinajstić information content (AvgIpc) is 3.56. The van der Waals surface area contributed by atoms with Crippen molar-refractivity contribution in [1.29, 1.82) is 0 Å². The van der Waals surface area contributed by atoms with Crippen molar-refractivity contribution in [1.82, 2.24) is 0 Å². The van der Waals surface area contributed by atoms with Gasteiger partial charge < -0.3 is 10.0 Å². The van der Waals surface area contributed by atoms with Gasteiger partial charge in [0, 0.05) is 42.1 Å². The highest BCUT2D eigenvalue weighted by Crippen LogP contribution is 2.41. The first kappa shape index (κ1) is 39.0. The highest BCUT2D eigenvalue weighted by Gasteiger charge is 2.39. The van der Waals surface area contributed by atoms with E-state index in [9.17, 15) is 26.3 Å². The largest absolute Gasteiger partial charge is 0.488 e. The van der Waals surface area contributed by atoms with Crippen molar-refractivity contribution in [3.05, 3.63) is 105 Å². The molecular weight excluding hydrogens is 885 g/mol. The fraction of sp³-hybridized carbons (Fsp3) is 0.133. The summed E-state index contributed by atoms with van der Waals surface area (Å²) in [6.45, 7) is 0. The summed E-state index contributed by atoms with van der Waals surface area (Å²) in [5, 5.41) is 19.8. The van der Waals surface area contributed by atoms with E-state index < -0.39 is 30.9 Å². The van der Waals surface area contributed by atoms with Crippen LogP contribution in [0.2, 0.25) is 30.1 Å². The second-order valence-corrected chi connectivity index (χ2v) is 13.8. The maximum atomic E-state index is 12.8. The molecule has 0 radical (unpaired) electrons. The molecule has 6 rings (SSSR count). The molecule has 0 aromatic heterocycles. The van der Waals surface area contributed by atoms with E-state index >= 15 is 0 Å². The number of aliphatic imine (C=N–C) groups is 2. The van der Waals surface area contributed by atoms with E-state index in [0.717, 1.165) is 3.57 Å². The van der Waals surface area contributed by atoms with Gasteiger partial charge in [0.1, 0.15) is 11.4 Å². The van der Waals surface area contributed by atoms with Crippen molar-refractivity contribution in [2.24, 2.45) is 9.98 Å². The maximum Gasteiger partial charge on any atom is 0.488 e. The molecule has 18 heteroatoms. The minimum absolute atomic E-state index is 0.161. The Morgan fingerprint density at radius 3 is 1.44 bits per heavy atom. The second-order valence-electron chi connectivity index (χ2n) is 10.1. The number of hydrogen-bond donors (Lipinski definition) is 2. The molecule has 0 saturated carbocycles. The molecule has 0 fully saturated rings. The van der Waals surface area contributed by atoms with Crippen molar-refractivity contribution < 1.29 is 36.4 Å². The summed E-state index contributed by atoms with van der Waals surface area (Å²) in [6, 6.07) is 15.4. The third kappa shape index (κ3) is 10.2. The average molecular weight is 901 g/mol. The molecule has 0 atom stereocenters. The Hall–Kier alpha value is -1.75. The number of halogens is 13. The molecule has 4 aromatic rings. The van der Waals surface area contributed by atoms with Crippen molar-refractivity contribution in [3.63, 3.8) is 0 Å². The van der Waals surface area contributed by atoms with Gasteiger partial charge >= 0.3 is 19.5 Å². The van der Waals surface area contributed by atoms with Crippen LogP contribution in [0, 0.1) is 3.57 Å². The predicted octanol–water partition coefficient (Wildman–Crippen LogP) is 11.3. The topological polar surface area (TPSA) is 65.2 Å². The highest BCUT2D eigenvalue weighted by molar-refractivity contribution is 14.1. The van der Waals surface area contributed by atoms with Crippen LogP contribution in [0.3, 0.4) is 0 Å². The Morgan fingerprint density at radius 1 is 0.583 bits per heavy atom. The Kier molecular flexibility index (Phi) is 12.7. The van der Waals surface area contributed by atoms with Crippen LogP contribution in [-0.2, 0) is 12.8 Å². The van der Waals surface area contributed by atoms with Gasteiger partial charge in [-0.3, -0.25) is 0 Å². The standard InChI is InChI=1S/C15H7Cl3F3N.C9H4ClF3IN.C6H5BCl2O2/c16-9-1-7(2-10(17)5-9)11-3-8-4-14(15(19,20)21)22-13(8)6-12(11)18;10-5-3-7-4(1-6(5)14)2-8(15-7)9(11,12)13;8-5-1-4(7(10)11)2-6(9)3-5/h1-3,5-6H,4H2;1,3H,2H2;1-3,10-11H.